The summed E-state index contributed by atoms with van der Waals surface area (Å²) in [5.74, 6) is -2.31. The van der Waals surface area contributed by atoms with Crippen molar-refractivity contribution in [2.75, 3.05) is 19.8 Å². The van der Waals surface area contributed by atoms with E-state index in [9.17, 15) is 19.7 Å². The van der Waals surface area contributed by atoms with Gasteiger partial charge in [-0.2, -0.15) is 0 Å². The third kappa shape index (κ3) is 8.27. The van der Waals surface area contributed by atoms with Crippen molar-refractivity contribution < 1.29 is 24.0 Å². The second-order valence-electron chi connectivity index (χ2n) is 5.27. The first-order chi connectivity index (χ1) is 9.81. The Labute approximate surface area is 125 Å². The fourth-order valence-electron chi connectivity index (χ4n) is 2.25. The van der Waals surface area contributed by atoms with Crippen LogP contribution in [-0.2, 0) is 19.1 Å². The third-order valence-corrected chi connectivity index (χ3v) is 3.01. The van der Waals surface area contributed by atoms with E-state index in [1.807, 2.05) is 13.8 Å². The van der Waals surface area contributed by atoms with Crippen molar-refractivity contribution in [1.29, 1.82) is 0 Å². The van der Waals surface area contributed by atoms with E-state index in [1.54, 1.807) is 13.8 Å². The van der Waals surface area contributed by atoms with Crippen molar-refractivity contribution in [2.45, 2.75) is 40.5 Å². The first kappa shape index (κ1) is 19.3. The van der Waals surface area contributed by atoms with E-state index in [0.29, 0.717) is 6.42 Å². The van der Waals surface area contributed by atoms with Gasteiger partial charge in [0.15, 0.2) is 0 Å². The summed E-state index contributed by atoms with van der Waals surface area (Å²) in [5.41, 5.74) is 0. The second kappa shape index (κ2) is 10.1. The summed E-state index contributed by atoms with van der Waals surface area (Å²) in [6, 6.07) is 0. The predicted molar refractivity (Wildman–Crippen MR) is 76.2 cm³/mol. The van der Waals surface area contributed by atoms with Crippen LogP contribution in [0.1, 0.15) is 40.5 Å². The van der Waals surface area contributed by atoms with E-state index in [2.05, 4.69) is 0 Å². The van der Waals surface area contributed by atoms with Crippen molar-refractivity contribution >= 4 is 11.9 Å². The predicted octanol–water partition coefficient (Wildman–Crippen LogP) is 2.06. The van der Waals surface area contributed by atoms with E-state index in [4.69, 9.17) is 9.47 Å². The van der Waals surface area contributed by atoms with Crippen LogP contribution in [0.15, 0.2) is 0 Å². The number of carbonyl (C=O) groups is 2. The molecule has 7 nitrogen and oxygen atoms in total. The van der Waals surface area contributed by atoms with Crippen molar-refractivity contribution in [3.8, 4) is 0 Å². The zero-order valence-corrected chi connectivity index (χ0v) is 13.2. The Bertz CT molecular complexity index is 355. The van der Waals surface area contributed by atoms with Gasteiger partial charge in [0.05, 0.1) is 25.6 Å². The SMILES string of the molecule is CCOC(=O)CC(C(=O)OCC)[C@@H](CC(C)C)C[N+](=O)[O-]. The van der Waals surface area contributed by atoms with Crippen molar-refractivity contribution in [1.82, 2.24) is 0 Å². The van der Waals surface area contributed by atoms with Crippen molar-refractivity contribution in [3.63, 3.8) is 0 Å². The molecule has 0 radical (unpaired) electrons. The maximum Gasteiger partial charge on any atom is 0.310 e. The molecule has 0 bridgehead atoms. The van der Waals surface area contributed by atoms with Gasteiger partial charge in [-0.3, -0.25) is 19.7 Å². The summed E-state index contributed by atoms with van der Waals surface area (Å²) in [4.78, 5) is 34.0. The Morgan fingerprint density at radius 1 is 1.14 bits per heavy atom. The Hall–Kier alpha value is -1.66. The molecule has 0 aliphatic heterocycles. The van der Waals surface area contributed by atoms with Crippen molar-refractivity contribution in [2.24, 2.45) is 17.8 Å². The molecule has 0 aromatic rings. The maximum atomic E-state index is 12.0. The molecule has 0 aromatic carbocycles. The molecule has 21 heavy (non-hydrogen) atoms. The molecule has 0 saturated heterocycles. The highest BCUT2D eigenvalue weighted by atomic mass is 16.6. The number of hydrogen-bond acceptors (Lipinski definition) is 6. The molecular formula is C14H25NO6. The van der Waals surface area contributed by atoms with Gasteiger partial charge in [0.25, 0.3) is 0 Å². The number of hydrogen-bond donors (Lipinski definition) is 0. The molecular weight excluding hydrogens is 278 g/mol. The number of carbonyl (C=O) groups excluding carboxylic acids is 2. The number of nitro groups is 1. The van der Waals surface area contributed by atoms with E-state index >= 15 is 0 Å². The van der Waals surface area contributed by atoms with Crippen molar-refractivity contribution in [3.05, 3.63) is 10.1 Å². The van der Waals surface area contributed by atoms with E-state index in [0.717, 1.165) is 0 Å². The Morgan fingerprint density at radius 2 is 1.71 bits per heavy atom. The van der Waals surface area contributed by atoms with Crippen LogP contribution in [0.2, 0.25) is 0 Å². The van der Waals surface area contributed by atoms with Crippen LogP contribution in [0.25, 0.3) is 0 Å². The van der Waals surface area contributed by atoms with Gasteiger partial charge in [-0.15, -0.1) is 0 Å². The first-order valence-corrected chi connectivity index (χ1v) is 7.25. The average Bonchev–Trinajstić information content (AvgIpc) is 2.34. The minimum atomic E-state index is -0.836. The molecule has 0 spiro atoms. The summed E-state index contributed by atoms with van der Waals surface area (Å²) in [6.07, 6.45) is 0.293. The number of ether oxygens (including phenoxy) is 2. The molecule has 0 amide bonds. The molecule has 0 saturated carbocycles. The molecule has 122 valence electrons. The molecule has 7 heteroatoms. The van der Waals surface area contributed by atoms with E-state index in [-0.39, 0.29) is 32.1 Å². The van der Waals surface area contributed by atoms with Gasteiger partial charge in [0.2, 0.25) is 6.54 Å². The minimum absolute atomic E-state index is 0.172. The van der Waals surface area contributed by atoms with Gasteiger partial charge in [0.1, 0.15) is 0 Å². The van der Waals surface area contributed by atoms with Gasteiger partial charge in [-0.25, -0.2) is 0 Å². The topological polar surface area (TPSA) is 95.7 Å². The minimum Gasteiger partial charge on any atom is -0.466 e. The fraction of sp³-hybridized carbons (Fsp3) is 0.857. The molecule has 1 unspecified atom stereocenters. The second-order valence-corrected chi connectivity index (χ2v) is 5.27. The van der Waals surface area contributed by atoms with Gasteiger partial charge in [-0.05, 0) is 26.2 Å². The number of esters is 2. The average molecular weight is 303 g/mol. The maximum absolute atomic E-state index is 12.0. The highest BCUT2D eigenvalue weighted by Gasteiger charge is 2.35. The van der Waals surface area contributed by atoms with Crippen LogP contribution in [0, 0.1) is 27.9 Å². The molecule has 0 aliphatic rings. The Morgan fingerprint density at radius 3 is 2.14 bits per heavy atom. The van der Waals surface area contributed by atoms with Gasteiger partial charge in [-0.1, -0.05) is 13.8 Å². The highest BCUT2D eigenvalue weighted by molar-refractivity contribution is 5.80. The molecule has 0 heterocycles. The molecule has 0 N–H and O–H groups in total. The van der Waals surface area contributed by atoms with Gasteiger partial charge in [0, 0.05) is 10.8 Å². The van der Waals surface area contributed by atoms with Crippen LogP contribution in [0.4, 0.5) is 0 Å². The molecule has 0 aromatic heterocycles. The summed E-state index contributed by atoms with van der Waals surface area (Å²) < 4.78 is 9.80. The number of nitrogens with zero attached hydrogens (tertiary/aromatic N) is 1. The highest BCUT2D eigenvalue weighted by Crippen LogP contribution is 2.26. The first-order valence-electron chi connectivity index (χ1n) is 7.25. The lowest BCUT2D eigenvalue weighted by Crippen LogP contribution is -2.34. The number of rotatable bonds is 10. The lowest BCUT2D eigenvalue weighted by Gasteiger charge is -2.23. The normalized spacial score (nSPS) is 13.6. The van der Waals surface area contributed by atoms with E-state index < -0.39 is 28.7 Å². The van der Waals surface area contributed by atoms with Gasteiger partial charge < -0.3 is 9.47 Å². The van der Waals surface area contributed by atoms with Crippen LogP contribution in [0.3, 0.4) is 0 Å². The summed E-state index contributed by atoms with van der Waals surface area (Å²) >= 11 is 0. The largest absolute Gasteiger partial charge is 0.466 e. The summed E-state index contributed by atoms with van der Waals surface area (Å²) in [5, 5.41) is 10.8. The van der Waals surface area contributed by atoms with Crippen LogP contribution in [-0.4, -0.2) is 36.6 Å². The fourth-order valence-corrected chi connectivity index (χ4v) is 2.25. The smallest absolute Gasteiger partial charge is 0.310 e. The van der Waals surface area contributed by atoms with E-state index in [1.165, 1.54) is 0 Å². The summed E-state index contributed by atoms with van der Waals surface area (Å²) in [7, 11) is 0. The molecule has 0 aliphatic carbocycles. The molecule has 0 rings (SSSR count). The Kier molecular flexibility index (Phi) is 9.32. The Balaban J connectivity index is 5.10. The molecule has 2 atom stereocenters. The lowest BCUT2D eigenvalue weighted by molar-refractivity contribution is -0.490. The zero-order valence-electron chi connectivity index (χ0n) is 13.2. The zero-order chi connectivity index (χ0) is 16.4. The van der Waals surface area contributed by atoms with Crippen LogP contribution in [0.5, 0.6) is 0 Å². The molecule has 0 fully saturated rings. The van der Waals surface area contributed by atoms with Gasteiger partial charge >= 0.3 is 11.9 Å². The monoisotopic (exact) mass is 303 g/mol. The third-order valence-electron chi connectivity index (χ3n) is 3.01. The standard InChI is InChI=1S/C14H25NO6/c1-5-20-13(16)8-12(14(17)21-6-2)11(7-10(3)4)9-15(18)19/h10-12H,5-9H2,1-4H3/t11-,12?/m0/s1. The quantitative estimate of drug-likeness (QED) is 0.348. The van der Waals surface area contributed by atoms with Crippen LogP contribution >= 0.6 is 0 Å². The van der Waals surface area contributed by atoms with Crippen LogP contribution < -0.4 is 0 Å². The lowest BCUT2D eigenvalue weighted by atomic mass is 9.83. The summed E-state index contributed by atoms with van der Waals surface area (Å²) in [6.45, 7) is 7.17.